The fourth-order valence-corrected chi connectivity index (χ4v) is 3.18. The van der Waals surface area contributed by atoms with Crippen LogP contribution in [0, 0.1) is 17.0 Å². The number of nitrogens with one attached hydrogen (secondary N) is 1. The number of halogens is 1. The number of carbonyl (C=O) groups is 1. The number of aromatic nitrogens is 2. The van der Waals surface area contributed by atoms with Crippen LogP contribution in [0.15, 0.2) is 42.0 Å². The lowest BCUT2D eigenvalue weighted by molar-refractivity contribution is -0.385. The quantitative estimate of drug-likeness (QED) is 0.535. The zero-order chi connectivity index (χ0) is 18.0. The van der Waals surface area contributed by atoms with Crippen molar-refractivity contribution in [3.8, 4) is 0 Å². The molecular formula is C16H13ClN4O3S. The molecule has 0 saturated heterocycles. The standard InChI is InChI=1S/C16H13ClN4O3S/c1-10-2-3-12(17)5-14(10)19-16(22)15-4-11(9-25-15)7-20-8-13(6-18-20)21(23)24/h2-6,8-9H,7H2,1H3,(H,19,22). The minimum absolute atomic E-state index is 0.0652. The predicted molar refractivity (Wildman–Crippen MR) is 96.4 cm³/mol. The summed E-state index contributed by atoms with van der Waals surface area (Å²) in [6, 6.07) is 7.04. The number of hydrogen-bond donors (Lipinski definition) is 1. The van der Waals surface area contributed by atoms with E-state index < -0.39 is 4.92 Å². The molecule has 0 aliphatic heterocycles. The molecule has 3 aromatic rings. The number of rotatable bonds is 5. The molecule has 0 bridgehead atoms. The molecule has 3 rings (SSSR count). The van der Waals surface area contributed by atoms with Crippen LogP contribution in [0.25, 0.3) is 0 Å². The molecule has 2 aromatic heterocycles. The Morgan fingerprint density at radius 2 is 2.24 bits per heavy atom. The first-order valence-corrected chi connectivity index (χ1v) is 8.50. The number of nitrogens with zero attached hydrogens (tertiary/aromatic N) is 3. The molecule has 0 saturated carbocycles. The Labute approximate surface area is 152 Å². The highest BCUT2D eigenvalue weighted by Crippen LogP contribution is 2.23. The SMILES string of the molecule is Cc1ccc(Cl)cc1NC(=O)c1cc(Cn2cc([N+](=O)[O-])cn2)cs1. The monoisotopic (exact) mass is 376 g/mol. The minimum atomic E-state index is -0.497. The molecular weight excluding hydrogens is 364 g/mol. The highest BCUT2D eigenvalue weighted by molar-refractivity contribution is 7.12. The van der Waals surface area contributed by atoms with Gasteiger partial charge >= 0.3 is 5.69 Å². The molecule has 9 heteroatoms. The van der Waals surface area contributed by atoms with Crippen LogP contribution in [0.3, 0.4) is 0 Å². The van der Waals surface area contributed by atoms with Gasteiger partial charge in [0.2, 0.25) is 0 Å². The van der Waals surface area contributed by atoms with Gasteiger partial charge in [0.05, 0.1) is 16.3 Å². The summed E-state index contributed by atoms with van der Waals surface area (Å²) >= 11 is 7.26. The normalized spacial score (nSPS) is 10.6. The zero-order valence-corrected chi connectivity index (χ0v) is 14.7. The van der Waals surface area contributed by atoms with Crippen molar-refractivity contribution in [1.82, 2.24) is 9.78 Å². The lowest BCUT2D eigenvalue weighted by atomic mass is 10.2. The van der Waals surface area contributed by atoms with Crippen molar-refractivity contribution in [2.45, 2.75) is 13.5 Å². The van der Waals surface area contributed by atoms with Gasteiger partial charge in [-0.1, -0.05) is 17.7 Å². The smallest absolute Gasteiger partial charge is 0.307 e. The van der Waals surface area contributed by atoms with Crippen molar-refractivity contribution >= 4 is 40.2 Å². The van der Waals surface area contributed by atoms with E-state index in [9.17, 15) is 14.9 Å². The average Bonchev–Trinajstić information content (AvgIpc) is 3.21. The van der Waals surface area contributed by atoms with Crippen LogP contribution in [0.1, 0.15) is 20.8 Å². The van der Waals surface area contributed by atoms with Crippen molar-refractivity contribution in [2.75, 3.05) is 5.32 Å². The maximum Gasteiger partial charge on any atom is 0.307 e. The van der Waals surface area contributed by atoms with Gasteiger partial charge < -0.3 is 5.32 Å². The molecule has 7 nitrogen and oxygen atoms in total. The number of aryl methyl sites for hydroxylation is 1. The molecule has 0 radical (unpaired) electrons. The van der Waals surface area contributed by atoms with Crippen LogP contribution in [-0.2, 0) is 6.54 Å². The summed E-state index contributed by atoms with van der Waals surface area (Å²) < 4.78 is 1.46. The van der Waals surface area contributed by atoms with Crippen LogP contribution < -0.4 is 5.32 Å². The maximum atomic E-state index is 12.4. The van der Waals surface area contributed by atoms with Gasteiger partial charge in [0, 0.05) is 10.7 Å². The van der Waals surface area contributed by atoms with Crippen molar-refractivity contribution in [3.05, 3.63) is 73.2 Å². The van der Waals surface area contributed by atoms with Crippen LogP contribution in [0.5, 0.6) is 0 Å². The van der Waals surface area contributed by atoms with Gasteiger partial charge in [-0.15, -0.1) is 11.3 Å². The van der Waals surface area contributed by atoms with Gasteiger partial charge in [0.25, 0.3) is 5.91 Å². The third-order valence-electron chi connectivity index (χ3n) is 3.50. The topological polar surface area (TPSA) is 90.1 Å². The molecule has 0 fully saturated rings. The number of benzene rings is 1. The average molecular weight is 377 g/mol. The second-order valence-electron chi connectivity index (χ2n) is 5.39. The lowest BCUT2D eigenvalue weighted by Gasteiger charge is -2.07. The Morgan fingerprint density at radius 3 is 2.96 bits per heavy atom. The fourth-order valence-electron chi connectivity index (χ4n) is 2.21. The molecule has 128 valence electrons. The van der Waals surface area contributed by atoms with Crippen molar-refractivity contribution in [3.63, 3.8) is 0 Å². The number of nitro groups is 1. The molecule has 0 unspecified atom stereocenters. The number of anilines is 1. The summed E-state index contributed by atoms with van der Waals surface area (Å²) in [5.41, 5.74) is 2.36. The highest BCUT2D eigenvalue weighted by Gasteiger charge is 2.13. The fraction of sp³-hybridized carbons (Fsp3) is 0.125. The summed E-state index contributed by atoms with van der Waals surface area (Å²) in [6.45, 7) is 2.24. The molecule has 0 aliphatic carbocycles. The predicted octanol–water partition coefficient (Wildman–Crippen LogP) is 4.12. The summed E-state index contributed by atoms with van der Waals surface area (Å²) in [4.78, 5) is 23.1. The Bertz CT molecular complexity index is 951. The van der Waals surface area contributed by atoms with E-state index in [0.29, 0.717) is 22.1 Å². The van der Waals surface area contributed by atoms with E-state index in [2.05, 4.69) is 10.4 Å². The van der Waals surface area contributed by atoms with E-state index in [4.69, 9.17) is 11.6 Å². The van der Waals surface area contributed by atoms with Gasteiger partial charge in [-0.25, -0.2) is 0 Å². The van der Waals surface area contributed by atoms with E-state index in [1.807, 2.05) is 18.4 Å². The van der Waals surface area contributed by atoms with Gasteiger partial charge in [-0.05, 0) is 41.6 Å². The largest absolute Gasteiger partial charge is 0.321 e. The Morgan fingerprint density at radius 1 is 1.44 bits per heavy atom. The first-order valence-electron chi connectivity index (χ1n) is 7.24. The highest BCUT2D eigenvalue weighted by atomic mass is 35.5. The molecule has 0 atom stereocenters. The Kier molecular flexibility index (Phi) is 4.82. The second kappa shape index (κ2) is 7.04. The maximum absolute atomic E-state index is 12.4. The van der Waals surface area contributed by atoms with Crippen LogP contribution in [0.2, 0.25) is 5.02 Å². The third kappa shape index (κ3) is 4.04. The first-order chi connectivity index (χ1) is 11.9. The number of amides is 1. The summed E-state index contributed by atoms with van der Waals surface area (Å²) in [7, 11) is 0. The Balaban J connectivity index is 1.70. The van der Waals surface area contributed by atoms with Gasteiger partial charge in [0.1, 0.15) is 12.4 Å². The molecule has 0 spiro atoms. The van der Waals surface area contributed by atoms with Crippen LogP contribution in [0.4, 0.5) is 11.4 Å². The third-order valence-corrected chi connectivity index (χ3v) is 4.71. The Hall–Kier alpha value is -2.71. The summed E-state index contributed by atoms with van der Waals surface area (Å²) in [5.74, 6) is -0.229. The van der Waals surface area contributed by atoms with Gasteiger partial charge in [0.15, 0.2) is 0 Å². The van der Waals surface area contributed by atoms with Crippen molar-refractivity contribution in [1.29, 1.82) is 0 Å². The van der Waals surface area contributed by atoms with Crippen molar-refractivity contribution < 1.29 is 9.72 Å². The van der Waals surface area contributed by atoms with Gasteiger partial charge in [-0.2, -0.15) is 5.10 Å². The molecule has 2 heterocycles. The van der Waals surface area contributed by atoms with Gasteiger partial charge in [-0.3, -0.25) is 19.6 Å². The minimum Gasteiger partial charge on any atom is -0.321 e. The van der Waals surface area contributed by atoms with E-state index in [0.717, 1.165) is 11.1 Å². The first kappa shape index (κ1) is 17.1. The van der Waals surface area contributed by atoms with Crippen molar-refractivity contribution in [2.24, 2.45) is 0 Å². The van der Waals surface area contributed by atoms with Crippen LogP contribution >= 0.6 is 22.9 Å². The number of hydrogen-bond acceptors (Lipinski definition) is 5. The molecule has 0 aliphatic rings. The molecule has 1 N–H and O–H groups in total. The van der Waals surface area contributed by atoms with E-state index in [-0.39, 0.29) is 11.6 Å². The lowest BCUT2D eigenvalue weighted by Crippen LogP contribution is -2.11. The number of carbonyl (C=O) groups excluding carboxylic acids is 1. The summed E-state index contributed by atoms with van der Waals surface area (Å²) in [5, 5.41) is 19.8. The van der Waals surface area contributed by atoms with E-state index in [1.54, 1.807) is 18.2 Å². The number of thiophene rings is 1. The van der Waals surface area contributed by atoms with E-state index >= 15 is 0 Å². The summed E-state index contributed by atoms with van der Waals surface area (Å²) in [6.07, 6.45) is 2.55. The molecule has 1 amide bonds. The molecule has 25 heavy (non-hydrogen) atoms. The van der Waals surface area contributed by atoms with Crippen LogP contribution in [-0.4, -0.2) is 20.6 Å². The van der Waals surface area contributed by atoms with E-state index in [1.165, 1.54) is 28.4 Å². The zero-order valence-electron chi connectivity index (χ0n) is 13.1. The molecule has 1 aromatic carbocycles. The second-order valence-corrected chi connectivity index (χ2v) is 6.73.